The molecule has 2 aromatic carbocycles. The highest BCUT2D eigenvalue weighted by atomic mass is 14.0. The molecule has 0 heteroatoms. The molecule has 0 heterocycles. The molecule has 0 saturated heterocycles. The van der Waals surface area contributed by atoms with Gasteiger partial charge < -0.3 is 0 Å². The van der Waals surface area contributed by atoms with E-state index in [9.17, 15) is 0 Å². The predicted molar refractivity (Wildman–Crippen MR) is 119 cm³/mol. The van der Waals surface area contributed by atoms with Gasteiger partial charge in [-0.05, 0) is 10.8 Å². The molecule has 0 saturated carbocycles. The van der Waals surface area contributed by atoms with E-state index in [1.807, 2.05) is 72.8 Å². The molecule has 0 aliphatic carbocycles. The second kappa shape index (κ2) is 18.8. The molecule has 0 spiro atoms. The van der Waals surface area contributed by atoms with Crippen LogP contribution in [-0.2, 0) is 0 Å². The lowest BCUT2D eigenvalue weighted by atomic mass is 10.0. The number of hydrogen-bond donors (Lipinski definition) is 0. The van der Waals surface area contributed by atoms with Crippen molar-refractivity contribution in [3.8, 4) is 0 Å². The summed E-state index contributed by atoms with van der Waals surface area (Å²) in [6, 6.07) is 24.0. The minimum atomic E-state index is 0.500. The van der Waals surface area contributed by atoms with Crippen LogP contribution in [0.15, 0.2) is 72.8 Å². The van der Waals surface area contributed by atoms with Crippen molar-refractivity contribution < 1.29 is 0 Å². The summed E-state index contributed by atoms with van der Waals surface area (Å²) >= 11 is 0. The van der Waals surface area contributed by atoms with E-state index >= 15 is 0 Å². The first-order valence-corrected chi connectivity index (χ1v) is 9.41. The monoisotopic (exact) mass is 344 g/mol. The number of hydrogen-bond acceptors (Lipinski definition) is 0. The Bertz CT molecular complexity index is 306. The van der Waals surface area contributed by atoms with Crippen LogP contribution in [0.25, 0.3) is 0 Å². The van der Waals surface area contributed by atoms with Crippen molar-refractivity contribution in [1.29, 1.82) is 0 Å². The molecule has 0 nitrogen and oxygen atoms in total. The van der Waals surface area contributed by atoms with Gasteiger partial charge in [0, 0.05) is 0 Å². The van der Waals surface area contributed by atoms with Crippen LogP contribution in [0.4, 0.5) is 0 Å². The van der Waals surface area contributed by atoms with Crippen molar-refractivity contribution in [2.75, 3.05) is 0 Å². The highest BCUT2D eigenvalue weighted by Crippen LogP contribution is 2.08. The van der Waals surface area contributed by atoms with Gasteiger partial charge in [0.25, 0.3) is 0 Å². The summed E-state index contributed by atoms with van der Waals surface area (Å²) in [6.45, 7) is 21.8. The van der Waals surface area contributed by atoms with Crippen LogP contribution < -0.4 is 0 Å². The summed E-state index contributed by atoms with van der Waals surface area (Å²) in [4.78, 5) is 0. The predicted octanol–water partition coefficient (Wildman–Crippen LogP) is 8.89. The van der Waals surface area contributed by atoms with Gasteiger partial charge in [0.05, 0.1) is 0 Å². The van der Waals surface area contributed by atoms with E-state index in [0.29, 0.717) is 10.8 Å². The van der Waals surface area contributed by atoms with Gasteiger partial charge in [-0.2, -0.15) is 0 Å². The van der Waals surface area contributed by atoms with Crippen molar-refractivity contribution in [2.24, 2.45) is 10.8 Å². The first-order valence-electron chi connectivity index (χ1n) is 9.41. The standard InChI is InChI=1S/2C6H6.2C5H12.C3H8/c2*1-2-4-6-5-3-1;2*1-5(2,3)4;1-3-2/h2*1-6H;2*1-4H3;3H2,1-2H3. The molecule has 0 bridgehead atoms. The molecule has 2 rings (SSSR count). The lowest BCUT2D eigenvalue weighted by Gasteiger charge is -2.05. The Morgan fingerprint density at radius 2 is 0.400 bits per heavy atom. The Morgan fingerprint density at radius 3 is 0.440 bits per heavy atom. The van der Waals surface area contributed by atoms with Crippen LogP contribution in [0, 0.1) is 10.8 Å². The molecule has 0 aromatic heterocycles. The Balaban J connectivity index is -0.000000247. The summed E-state index contributed by atoms with van der Waals surface area (Å²) in [6.07, 6.45) is 1.25. The van der Waals surface area contributed by atoms with Gasteiger partial charge in [0.15, 0.2) is 0 Å². The Morgan fingerprint density at radius 1 is 0.360 bits per heavy atom. The topological polar surface area (TPSA) is 0 Å². The summed E-state index contributed by atoms with van der Waals surface area (Å²) in [7, 11) is 0. The van der Waals surface area contributed by atoms with Crippen molar-refractivity contribution in [1.82, 2.24) is 0 Å². The van der Waals surface area contributed by atoms with E-state index in [1.165, 1.54) is 6.42 Å². The Labute approximate surface area is 159 Å². The summed E-state index contributed by atoms with van der Waals surface area (Å²) in [5.74, 6) is 0. The molecule has 144 valence electrons. The molecule has 0 radical (unpaired) electrons. The molecule has 0 unspecified atom stereocenters. The van der Waals surface area contributed by atoms with Crippen LogP contribution >= 0.6 is 0 Å². The third kappa shape index (κ3) is 86.0. The SMILES string of the molecule is CC(C)(C)C.CC(C)(C)C.CCC.c1ccccc1.c1ccccc1. The molecule has 0 aliphatic heterocycles. The third-order valence-electron chi connectivity index (χ3n) is 1.33. The van der Waals surface area contributed by atoms with E-state index in [0.717, 1.165) is 0 Å². The second-order valence-electron chi connectivity index (χ2n) is 9.02. The first-order chi connectivity index (χ1) is 11.4. The van der Waals surface area contributed by atoms with E-state index in [1.54, 1.807) is 0 Å². The average Bonchev–Trinajstić information content (AvgIpc) is 2.49. The maximum atomic E-state index is 2.19. The molecule has 0 aliphatic rings. The maximum Gasteiger partial charge on any atom is -0.0411 e. The van der Waals surface area contributed by atoms with Crippen LogP contribution in [0.2, 0.25) is 0 Å². The van der Waals surface area contributed by atoms with Crippen LogP contribution in [-0.4, -0.2) is 0 Å². The zero-order valence-electron chi connectivity index (χ0n) is 18.6. The van der Waals surface area contributed by atoms with Gasteiger partial charge in [-0.3, -0.25) is 0 Å². The zero-order valence-corrected chi connectivity index (χ0v) is 18.6. The normalized spacial score (nSPS) is 9.36. The lowest BCUT2D eigenvalue weighted by Crippen LogP contribution is -1.93. The van der Waals surface area contributed by atoms with Crippen LogP contribution in [0.3, 0.4) is 0 Å². The summed E-state index contributed by atoms with van der Waals surface area (Å²) in [5, 5.41) is 0. The lowest BCUT2D eigenvalue weighted by molar-refractivity contribution is 0.469. The van der Waals surface area contributed by atoms with Crippen LogP contribution in [0.5, 0.6) is 0 Å². The molecule has 0 N–H and O–H groups in total. The second-order valence-corrected chi connectivity index (χ2v) is 9.02. The third-order valence-corrected chi connectivity index (χ3v) is 1.33. The average molecular weight is 345 g/mol. The fourth-order valence-corrected chi connectivity index (χ4v) is 0.770. The number of benzene rings is 2. The highest BCUT2D eigenvalue weighted by Gasteiger charge is 1.96. The fraction of sp³-hybridized carbons (Fsp3) is 0.520. The van der Waals surface area contributed by atoms with Crippen molar-refractivity contribution in [3.05, 3.63) is 72.8 Å². The quantitative estimate of drug-likeness (QED) is 0.447. The van der Waals surface area contributed by atoms with Crippen LogP contribution in [0.1, 0.15) is 75.7 Å². The summed E-state index contributed by atoms with van der Waals surface area (Å²) in [5.41, 5.74) is 1.00. The first kappa shape index (κ1) is 28.3. The van der Waals surface area contributed by atoms with Crippen molar-refractivity contribution >= 4 is 0 Å². The molecule has 0 amide bonds. The van der Waals surface area contributed by atoms with Gasteiger partial charge in [-0.1, -0.05) is 148 Å². The van der Waals surface area contributed by atoms with Gasteiger partial charge in [-0.15, -0.1) is 0 Å². The van der Waals surface area contributed by atoms with E-state index in [2.05, 4.69) is 69.2 Å². The van der Waals surface area contributed by atoms with E-state index in [4.69, 9.17) is 0 Å². The minimum Gasteiger partial charge on any atom is -0.0656 e. The highest BCUT2D eigenvalue weighted by molar-refractivity contribution is 4.99. The van der Waals surface area contributed by atoms with Gasteiger partial charge in [-0.25, -0.2) is 0 Å². The van der Waals surface area contributed by atoms with E-state index < -0.39 is 0 Å². The number of rotatable bonds is 0. The maximum absolute atomic E-state index is 2.19. The zero-order chi connectivity index (χ0) is 20.2. The van der Waals surface area contributed by atoms with Crippen molar-refractivity contribution in [2.45, 2.75) is 75.7 Å². The molecular formula is C25H44. The minimum absolute atomic E-state index is 0.500. The van der Waals surface area contributed by atoms with Crippen molar-refractivity contribution in [3.63, 3.8) is 0 Å². The smallest absolute Gasteiger partial charge is 0.0411 e. The van der Waals surface area contributed by atoms with Gasteiger partial charge in [0.2, 0.25) is 0 Å². The molecule has 25 heavy (non-hydrogen) atoms. The summed E-state index contributed by atoms with van der Waals surface area (Å²) < 4.78 is 0. The molecule has 2 aromatic rings. The molecule has 0 atom stereocenters. The van der Waals surface area contributed by atoms with Gasteiger partial charge >= 0.3 is 0 Å². The Kier molecular flexibility index (Phi) is 21.2. The fourth-order valence-electron chi connectivity index (χ4n) is 0.770. The molecular weight excluding hydrogens is 300 g/mol. The largest absolute Gasteiger partial charge is 0.0656 e. The van der Waals surface area contributed by atoms with E-state index in [-0.39, 0.29) is 0 Å². The Hall–Kier alpha value is -1.56. The van der Waals surface area contributed by atoms with Gasteiger partial charge in [0.1, 0.15) is 0 Å². The molecule has 0 fully saturated rings.